The van der Waals surface area contributed by atoms with Gasteiger partial charge in [0.05, 0.1) is 26.7 Å². The highest BCUT2D eigenvalue weighted by Gasteiger charge is 2.28. The second kappa shape index (κ2) is 6.19. The Labute approximate surface area is 98.9 Å². The molecule has 0 heterocycles. The normalized spacial score (nSPS) is 19.6. The van der Waals surface area contributed by atoms with E-state index in [9.17, 15) is 0 Å². The van der Waals surface area contributed by atoms with Crippen molar-refractivity contribution in [1.29, 1.82) is 0 Å². The maximum absolute atomic E-state index is 8.92. The standard InChI is InChI=1S/C10H22NO.HI/c1-11(2,8-9-12)10-6-4-3-5-7-10;/h10,12H,3-9H2,1-2H3;1H/q+1;/p-1. The average molecular weight is 299 g/mol. The van der Waals surface area contributed by atoms with Gasteiger partial charge in [-0.3, -0.25) is 0 Å². The van der Waals surface area contributed by atoms with E-state index in [1.165, 1.54) is 32.1 Å². The summed E-state index contributed by atoms with van der Waals surface area (Å²) in [5, 5.41) is 8.92. The summed E-state index contributed by atoms with van der Waals surface area (Å²) in [6.45, 7) is 1.23. The van der Waals surface area contributed by atoms with E-state index in [0.29, 0.717) is 6.61 Å². The smallest absolute Gasteiger partial charge is 0.102 e. The molecule has 0 bridgehead atoms. The van der Waals surface area contributed by atoms with Gasteiger partial charge in [0.25, 0.3) is 0 Å². The molecule has 13 heavy (non-hydrogen) atoms. The van der Waals surface area contributed by atoms with Crippen LogP contribution >= 0.6 is 0 Å². The first-order valence-corrected chi connectivity index (χ1v) is 5.10. The van der Waals surface area contributed by atoms with Crippen LogP contribution in [-0.4, -0.2) is 42.9 Å². The molecule has 1 aliphatic rings. The molecule has 0 aromatic heterocycles. The molecule has 0 aliphatic heterocycles. The van der Waals surface area contributed by atoms with Crippen LogP contribution in [0.2, 0.25) is 0 Å². The maximum Gasteiger partial charge on any atom is 0.102 e. The molecule has 80 valence electrons. The fourth-order valence-corrected chi connectivity index (χ4v) is 2.22. The van der Waals surface area contributed by atoms with E-state index in [-0.39, 0.29) is 24.0 Å². The summed E-state index contributed by atoms with van der Waals surface area (Å²) in [4.78, 5) is 0. The SMILES string of the molecule is C[N+](C)(CCO)C1CCCCC1.[I-]. The summed E-state index contributed by atoms with van der Waals surface area (Å²) in [7, 11) is 4.48. The number of likely N-dealkylation sites (N-methyl/N-ethyl adjacent to an activating group) is 1. The zero-order valence-electron chi connectivity index (χ0n) is 8.80. The van der Waals surface area contributed by atoms with Crippen molar-refractivity contribution in [3.8, 4) is 0 Å². The number of aliphatic hydroxyl groups is 1. The van der Waals surface area contributed by atoms with Gasteiger partial charge in [0.1, 0.15) is 6.54 Å². The van der Waals surface area contributed by atoms with E-state index in [4.69, 9.17) is 5.11 Å². The van der Waals surface area contributed by atoms with Gasteiger partial charge in [-0.2, -0.15) is 0 Å². The largest absolute Gasteiger partial charge is 1.00 e. The molecule has 0 atom stereocenters. The third-order valence-corrected chi connectivity index (χ3v) is 3.24. The second-order valence-electron chi connectivity index (χ2n) is 4.52. The maximum atomic E-state index is 8.92. The van der Waals surface area contributed by atoms with Crippen molar-refractivity contribution < 1.29 is 33.6 Å². The minimum atomic E-state index is 0. The predicted molar refractivity (Wildman–Crippen MR) is 50.9 cm³/mol. The lowest BCUT2D eigenvalue weighted by atomic mass is 9.93. The minimum Gasteiger partial charge on any atom is -1.00 e. The van der Waals surface area contributed by atoms with Gasteiger partial charge in [0.2, 0.25) is 0 Å². The summed E-state index contributed by atoms with van der Waals surface area (Å²) in [5.74, 6) is 0. The number of halogens is 1. The third-order valence-electron chi connectivity index (χ3n) is 3.24. The number of aliphatic hydroxyl groups excluding tert-OH is 1. The Morgan fingerprint density at radius 3 is 2.15 bits per heavy atom. The lowest BCUT2D eigenvalue weighted by Gasteiger charge is -2.39. The molecule has 0 radical (unpaired) electrons. The molecule has 1 aliphatic carbocycles. The molecule has 0 unspecified atom stereocenters. The first kappa shape index (κ1) is 13.7. The molecule has 0 aromatic carbocycles. The summed E-state index contributed by atoms with van der Waals surface area (Å²) < 4.78 is 1.01. The van der Waals surface area contributed by atoms with E-state index in [1.54, 1.807) is 0 Å². The van der Waals surface area contributed by atoms with Crippen LogP contribution in [0.1, 0.15) is 32.1 Å². The first-order chi connectivity index (χ1) is 5.67. The van der Waals surface area contributed by atoms with Gasteiger partial charge in [0, 0.05) is 0 Å². The molecule has 0 spiro atoms. The van der Waals surface area contributed by atoms with Gasteiger partial charge in [-0.15, -0.1) is 0 Å². The molecule has 0 aromatic rings. The molecule has 0 amide bonds. The quantitative estimate of drug-likeness (QED) is 0.491. The van der Waals surface area contributed by atoms with Crippen LogP contribution in [-0.2, 0) is 0 Å². The highest BCUT2D eigenvalue weighted by Crippen LogP contribution is 2.25. The topological polar surface area (TPSA) is 20.2 Å². The summed E-state index contributed by atoms with van der Waals surface area (Å²) in [5.41, 5.74) is 0. The van der Waals surface area contributed by atoms with Gasteiger partial charge >= 0.3 is 0 Å². The van der Waals surface area contributed by atoms with Crippen LogP contribution in [0.25, 0.3) is 0 Å². The van der Waals surface area contributed by atoms with Crippen molar-refractivity contribution in [3.05, 3.63) is 0 Å². The Kier molecular flexibility index (Phi) is 6.50. The van der Waals surface area contributed by atoms with Crippen molar-refractivity contribution in [2.45, 2.75) is 38.1 Å². The fraction of sp³-hybridized carbons (Fsp3) is 1.00. The number of nitrogens with zero attached hydrogens (tertiary/aromatic N) is 1. The van der Waals surface area contributed by atoms with Crippen molar-refractivity contribution in [3.63, 3.8) is 0 Å². The van der Waals surface area contributed by atoms with Crippen LogP contribution in [0.15, 0.2) is 0 Å². The van der Waals surface area contributed by atoms with Gasteiger partial charge in [-0.1, -0.05) is 6.42 Å². The minimum absolute atomic E-state index is 0. The molecule has 0 saturated heterocycles. The van der Waals surface area contributed by atoms with Crippen LogP contribution in [0.3, 0.4) is 0 Å². The monoisotopic (exact) mass is 299 g/mol. The fourth-order valence-electron chi connectivity index (χ4n) is 2.22. The van der Waals surface area contributed by atoms with Crippen molar-refractivity contribution in [2.75, 3.05) is 27.2 Å². The molecular formula is C10H22INO. The second-order valence-corrected chi connectivity index (χ2v) is 4.52. The van der Waals surface area contributed by atoms with Crippen LogP contribution in [0.4, 0.5) is 0 Å². The average Bonchev–Trinajstić information content (AvgIpc) is 2.06. The van der Waals surface area contributed by atoms with Crippen molar-refractivity contribution >= 4 is 0 Å². The van der Waals surface area contributed by atoms with Crippen LogP contribution in [0, 0.1) is 0 Å². The molecule has 1 N–H and O–H groups in total. The lowest BCUT2D eigenvalue weighted by molar-refractivity contribution is -0.916. The van der Waals surface area contributed by atoms with Crippen molar-refractivity contribution in [2.24, 2.45) is 0 Å². The van der Waals surface area contributed by atoms with Gasteiger partial charge < -0.3 is 33.6 Å². The Hall–Kier alpha value is 0.650. The van der Waals surface area contributed by atoms with Gasteiger partial charge in [0.15, 0.2) is 0 Å². The zero-order chi connectivity index (χ0) is 9.03. The Morgan fingerprint density at radius 2 is 1.69 bits per heavy atom. The third kappa shape index (κ3) is 4.13. The first-order valence-electron chi connectivity index (χ1n) is 5.10. The van der Waals surface area contributed by atoms with Crippen LogP contribution < -0.4 is 24.0 Å². The number of hydrogen-bond acceptors (Lipinski definition) is 1. The van der Waals surface area contributed by atoms with E-state index in [0.717, 1.165) is 17.1 Å². The lowest BCUT2D eigenvalue weighted by Crippen LogP contribution is -3.00. The Morgan fingerprint density at radius 1 is 1.15 bits per heavy atom. The molecular weight excluding hydrogens is 277 g/mol. The van der Waals surface area contributed by atoms with E-state index in [1.807, 2.05) is 0 Å². The Balaban J connectivity index is 0.00000144. The summed E-state index contributed by atoms with van der Waals surface area (Å²) in [6.07, 6.45) is 6.89. The highest BCUT2D eigenvalue weighted by molar-refractivity contribution is 4.65. The van der Waals surface area contributed by atoms with Crippen molar-refractivity contribution in [1.82, 2.24) is 0 Å². The van der Waals surface area contributed by atoms with E-state index >= 15 is 0 Å². The van der Waals surface area contributed by atoms with Crippen LogP contribution in [0.5, 0.6) is 0 Å². The molecule has 2 nitrogen and oxygen atoms in total. The molecule has 1 fully saturated rings. The molecule has 3 heteroatoms. The molecule has 1 rings (SSSR count). The zero-order valence-corrected chi connectivity index (χ0v) is 11.0. The number of quaternary nitrogens is 1. The summed E-state index contributed by atoms with van der Waals surface area (Å²) in [6, 6.07) is 0.797. The number of hydrogen-bond donors (Lipinski definition) is 1. The number of rotatable bonds is 3. The van der Waals surface area contributed by atoms with E-state index < -0.39 is 0 Å². The highest BCUT2D eigenvalue weighted by atomic mass is 127. The van der Waals surface area contributed by atoms with Gasteiger partial charge in [-0.25, -0.2) is 0 Å². The Bertz CT molecular complexity index is 133. The van der Waals surface area contributed by atoms with Gasteiger partial charge in [-0.05, 0) is 25.7 Å². The molecule has 1 saturated carbocycles. The summed E-state index contributed by atoms with van der Waals surface area (Å²) >= 11 is 0. The predicted octanol–water partition coefficient (Wildman–Crippen LogP) is -1.61. The van der Waals surface area contributed by atoms with E-state index in [2.05, 4.69) is 14.1 Å².